The molecule has 4 nitrogen and oxygen atoms in total. The fraction of sp³-hybridized carbons (Fsp3) is 0.0556. The van der Waals surface area contributed by atoms with Crippen molar-refractivity contribution in [3.05, 3.63) is 83.9 Å². The summed E-state index contributed by atoms with van der Waals surface area (Å²) in [4.78, 5) is 16.6. The molecule has 0 saturated heterocycles. The highest BCUT2D eigenvalue weighted by atomic mass is 19.4. The second-order valence-corrected chi connectivity index (χ2v) is 5.18. The van der Waals surface area contributed by atoms with Crippen molar-refractivity contribution in [3.8, 4) is 0 Å². The zero-order valence-electron chi connectivity index (χ0n) is 12.8. The highest BCUT2D eigenvalue weighted by molar-refractivity contribution is 6.27. The summed E-state index contributed by atoms with van der Waals surface area (Å²) < 4.78 is 39.3. The molecule has 0 bridgehead atoms. The second-order valence-electron chi connectivity index (χ2n) is 5.18. The van der Waals surface area contributed by atoms with E-state index in [2.05, 4.69) is 10.1 Å². The van der Waals surface area contributed by atoms with Gasteiger partial charge in [0, 0.05) is 5.56 Å². The molecule has 0 spiro atoms. The van der Waals surface area contributed by atoms with Gasteiger partial charge in [-0.25, -0.2) is 9.67 Å². The first-order valence-corrected chi connectivity index (χ1v) is 7.29. The molecule has 0 aliphatic heterocycles. The van der Waals surface area contributed by atoms with Crippen LogP contribution < -0.4 is 0 Å². The number of aromatic nitrogens is 3. The molecule has 0 radical (unpaired) electrons. The zero-order valence-corrected chi connectivity index (χ0v) is 12.8. The van der Waals surface area contributed by atoms with Gasteiger partial charge in [0.25, 0.3) is 0 Å². The second kappa shape index (κ2) is 6.72. The van der Waals surface area contributed by atoms with Crippen molar-refractivity contribution >= 4 is 17.6 Å². The van der Waals surface area contributed by atoms with Gasteiger partial charge in [-0.05, 0) is 23.8 Å². The van der Waals surface area contributed by atoms with E-state index in [9.17, 15) is 18.0 Å². The van der Waals surface area contributed by atoms with Crippen LogP contribution in [0.25, 0.3) is 11.8 Å². The molecule has 0 aliphatic rings. The summed E-state index contributed by atoms with van der Waals surface area (Å²) >= 11 is 0. The monoisotopic (exact) mass is 343 g/mol. The molecule has 0 saturated carbocycles. The lowest BCUT2D eigenvalue weighted by atomic mass is 10.1. The molecular formula is C18H12F3N3O. The third-order valence-electron chi connectivity index (χ3n) is 3.48. The number of hydrogen-bond donors (Lipinski definition) is 0. The first kappa shape index (κ1) is 16.6. The van der Waals surface area contributed by atoms with Crippen LogP contribution in [0.3, 0.4) is 0 Å². The van der Waals surface area contributed by atoms with Gasteiger partial charge in [0.2, 0.25) is 5.78 Å². The van der Waals surface area contributed by atoms with Crippen LogP contribution in [-0.4, -0.2) is 20.5 Å². The lowest BCUT2D eigenvalue weighted by Gasteiger charge is -2.08. The Morgan fingerprint density at radius 2 is 1.68 bits per heavy atom. The summed E-state index contributed by atoms with van der Waals surface area (Å²) in [5, 5.41) is 3.95. The Bertz CT molecular complexity index is 884. The molecule has 3 rings (SSSR count). The number of carbonyl (C=O) groups excluding carboxylic acids is 1. The summed E-state index contributed by atoms with van der Waals surface area (Å²) in [5.41, 5.74) is 0.323. The molecule has 25 heavy (non-hydrogen) atoms. The van der Waals surface area contributed by atoms with Gasteiger partial charge in [0.1, 0.15) is 18.4 Å². The van der Waals surface area contributed by atoms with Crippen molar-refractivity contribution in [3.63, 3.8) is 0 Å². The molecule has 0 N–H and O–H groups in total. The smallest absolute Gasteiger partial charge is 0.287 e. The van der Waals surface area contributed by atoms with Crippen molar-refractivity contribution in [2.75, 3.05) is 0 Å². The number of alkyl halides is 3. The Kier molecular flexibility index (Phi) is 4.47. The van der Waals surface area contributed by atoms with Crippen LogP contribution in [0, 0.1) is 0 Å². The third-order valence-corrected chi connectivity index (χ3v) is 3.48. The van der Waals surface area contributed by atoms with Crippen LogP contribution in [0.5, 0.6) is 0 Å². The Balaban J connectivity index is 2.01. The molecule has 0 amide bonds. The molecule has 0 atom stereocenters. The molecular weight excluding hydrogens is 331 g/mol. The number of hydrogen-bond acceptors (Lipinski definition) is 3. The van der Waals surface area contributed by atoms with Gasteiger partial charge in [0.05, 0.1) is 5.56 Å². The van der Waals surface area contributed by atoms with Gasteiger partial charge in [-0.3, -0.25) is 4.79 Å². The van der Waals surface area contributed by atoms with Crippen molar-refractivity contribution in [2.45, 2.75) is 6.18 Å². The van der Waals surface area contributed by atoms with Gasteiger partial charge in [0.15, 0.2) is 0 Å². The van der Waals surface area contributed by atoms with Gasteiger partial charge >= 0.3 is 6.18 Å². The summed E-state index contributed by atoms with van der Waals surface area (Å²) in [6, 6.07) is 13.1. The summed E-state index contributed by atoms with van der Waals surface area (Å²) in [7, 11) is 0. The SMILES string of the molecule is O=C(/C(=C\c1ccc(C(F)(F)F)cc1)n1cncn1)c1ccccc1. The molecule has 0 fully saturated rings. The van der Waals surface area contributed by atoms with E-state index in [4.69, 9.17) is 0 Å². The Hall–Kier alpha value is -3.22. The van der Waals surface area contributed by atoms with Gasteiger partial charge in [-0.2, -0.15) is 18.3 Å². The number of nitrogens with zero attached hydrogens (tertiary/aromatic N) is 3. The molecule has 0 aliphatic carbocycles. The van der Waals surface area contributed by atoms with E-state index >= 15 is 0 Å². The largest absolute Gasteiger partial charge is 0.416 e. The summed E-state index contributed by atoms with van der Waals surface area (Å²) in [6.07, 6.45) is -0.295. The van der Waals surface area contributed by atoms with Crippen LogP contribution in [0.15, 0.2) is 67.3 Å². The number of rotatable bonds is 4. The lowest BCUT2D eigenvalue weighted by Crippen LogP contribution is -2.10. The Labute approximate surface area is 141 Å². The van der Waals surface area contributed by atoms with E-state index < -0.39 is 11.7 Å². The van der Waals surface area contributed by atoms with Crippen LogP contribution in [0.4, 0.5) is 13.2 Å². The number of ketones is 1. The Morgan fingerprint density at radius 3 is 2.24 bits per heavy atom. The maximum Gasteiger partial charge on any atom is 0.416 e. The van der Waals surface area contributed by atoms with E-state index in [0.29, 0.717) is 11.1 Å². The predicted octanol–water partition coefficient (Wildman–Crippen LogP) is 4.18. The molecule has 0 unspecified atom stereocenters. The number of allylic oxidation sites excluding steroid dienone is 1. The van der Waals surface area contributed by atoms with Gasteiger partial charge in [-0.1, -0.05) is 42.5 Å². The number of halogens is 3. The average molecular weight is 343 g/mol. The molecule has 1 aromatic heterocycles. The highest BCUT2D eigenvalue weighted by Gasteiger charge is 2.29. The van der Waals surface area contributed by atoms with E-state index in [1.54, 1.807) is 30.3 Å². The first-order chi connectivity index (χ1) is 11.9. The quantitative estimate of drug-likeness (QED) is 0.527. The lowest BCUT2D eigenvalue weighted by molar-refractivity contribution is -0.137. The standard InChI is InChI=1S/C18H12F3N3O/c19-18(20,21)15-8-6-13(7-9-15)10-16(24-12-22-11-23-24)17(25)14-4-2-1-3-5-14/h1-12H/b16-10+. The van der Waals surface area contributed by atoms with Crippen LogP contribution in [0.2, 0.25) is 0 Å². The maximum absolute atomic E-state index is 12.7. The molecule has 1 heterocycles. The van der Waals surface area contributed by atoms with Crippen LogP contribution >= 0.6 is 0 Å². The number of carbonyl (C=O) groups is 1. The minimum Gasteiger partial charge on any atom is -0.287 e. The zero-order chi connectivity index (χ0) is 17.9. The molecule has 3 aromatic rings. The van der Waals surface area contributed by atoms with Gasteiger partial charge < -0.3 is 0 Å². The van der Waals surface area contributed by atoms with E-state index in [-0.39, 0.29) is 11.5 Å². The van der Waals surface area contributed by atoms with E-state index in [0.717, 1.165) is 12.1 Å². The van der Waals surface area contributed by atoms with Crippen LogP contribution in [-0.2, 0) is 6.18 Å². The fourth-order valence-electron chi connectivity index (χ4n) is 2.23. The normalized spacial score (nSPS) is 12.2. The number of Topliss-reactive ketones (excluding diaryl/α,β-unsaturated/α-hetero) is 1. The van der Waals surface area contributed by atoms with Crippen LogP contribution in [0.1, 0.15) is 21.5 Å². The van der Waals surface area contributed by atoms with Crippen molar-refractivity contribution < 1.29 is 18.0 Å². The first-order valence-electron chi connectivity index (χ1n) is 7.29. The van der Waals surface area contributed by atoms with Crippen molar-refractivity contribution in [2.24, 2.45) is 0 Å². The van der Waals surface area contributed by atoms with E-state index in [1.807, 2.05) is 0 Å². The minimum absolute atomic E-state index is 0.184. The molecule has 7 heteroatoms. The third kappa shape index (κ3) is 3.82. The predicted molar refractivity (Wildman–Crippen MR) is 86.4 cm³/mol. The van der Waals surface area contributed by atoms with Crippen molar-refractivity contribution in [1.82, 2.24) is 14.8 Å². The summed E-state index contributed by atoms with van der Waals surface area (Å²) in [6.45, 7) is 0. The van der Waals surface area contributed by atoms with Crippen molar-refractivity contribution in [1.29, 1.82) is 0 Å². The molecule has 2 aromatic carbocycles. The maximum atomic E-state index is 12.7. The average Bonchev–Trinajstić information content (AvgIpc) is 3.14. The van der Waals surface area contributed by atoms with Gasteiger partial charge in [-0.15, -0.1) is 0 Å². The minimum atomic E-state index is -4.41. The molecule has 126 valence electrons. The van der Waals surface area contributed by atoms with E-state index in [1.165, 1.54) is 35.5 Å². The number of benzene rings is 2. The highest BCUT2D eigenvalue weighted by Crippen LogP contribution is 2.29. The Morgan fingerprint density at radius 1 is 1.00 bits per heavy atom. The topological polar surface area (TPSA) is 47.8 Å². The fourth-order valence-corrected chi connectivity index (χ4v) is 2.23. The summed E-state index contributed by atoms with van der Waals surface area (Å²) in [5.74, 6) is -0.314.